The zero-order valence-electron chi connectivity index (χ0n) is 12.6. The third kappa shape index (κ3) is 6.17. The lowest BCUT2D eigenvalue weighted by atomic mass is 9.92. The highest BCUT2D eigenvalue weighted by atomic mass is 16.5. The van der Waals surface area contributed by atoms with Gasteiger partial charge in [0.15, 0.2) is 0 Å². The highest BCUT2D eigenvalue weighted by Gasteiger charge is 2.23. The molecule has 1 aliphatic rings. The lowest BCUT2D eigenvalue weighted by Gasteiger charge is -2.31. The number of methoxy groups -OCH3 is 1. The van der Waals surface area contributed by atoms with Gasteiger partial charge in [0.1, 0.15) is 0 Å². The Bertz CT molecular complexity index is 219. The zero-order chi connectivity index (χ0) is 13.4. The molecule has 0 aromatic carbocycles. The molecule has 0 saturated heterocycles. The van der Waals surface area contributed by atoms with E-state index in [0.717, 1.165) is 19.6 Å². The predicted molar refractivity (Wildman–Crippen MR) is 76.0 cm³/mol. The van der Waals surface area contributed by atoms with Gasteiger partial charge >= 0.3 is 0 Å². The molecule has 0 spiro atoms. The molecule has 1 fully saturated rings. The Morgan fingerprint density at radius 1 is 1.28 bits per heavy atom. The van der Waals surface area contributed by atoms with Crippen molar-refractivity contribution in [3.63, 3.8) is 0 Å². The minimum Gasteiger partial charge on any atom is -0.379 e. The molecule has 0 radical (unpaired) electrons. The number of rotatable bonds is 8. The van der Waals surface area contributed by atoms with Crippen molar-refractivity contribution in [2.24, 2.45) is 0 Å². The largest absolute Gasteiger partial charge is 0.379 e. The number of ether oxygens (including phenoxy) is 2. The lowest BCUT2D eigenvalue weighted by Crippen LogP contribution is -2.37. The Balaban J connectivity index is 2.18. The van der Waals surface area contributed by atoms with Gasteiger partial charge in [-0.05, 0) is 58.9 Å². The Morgan fingerprint density at radius 2 is 2.06 bits per heavy atom. The molecule has 2 unspecified atom stereocenters. The van der Waals surface area contributed by atoms with E-state index in [1.165, 1.54) is 32.1 Å². The van der Waals surface area contributed by atoms with Crippen molar-refractivity contribution >= 4 is 0 Å². The second kappa shape index (κ2) is 8.13. The van der Waals surface area contributed by atoms with Gasteiger partial charge in [-0.1, -0.05) is 6.92 Å². The SMILES string of the molecule is CCCNC1CCCC(OCCC(C)(C)OC)C1. The zero-order valence-corrected chi connectivity index (χ0v) is 12.6. The molecule has 2 atom stereocenters. The molecule has 1 aliphatic carbocycles. The van der Waals surface area contributed by atoms with Crippen LogP contribution >= 0.6 is 0 Å². The quantitative estimate of drug-likeness (QED) is 0.724. The van der Waals surface area contributed by atoms with E-state index in [4.69, 9.17) is 9.47 Å². The van der Waals surface area contributed by atoms with Gasteiger partial charge in [-0.3, -0.25) is 0 Å². The van der Waals surface area contributed by atoms with E-state index in [1.807, 2.05) is 0 Å². The molecule has 18 heavy (non-hydrogen) atoms. The Morgan fingerprint density at radius 3 is 2.72 bits per heavy atom. The van der Waals surface area contributed by atoms with Gasteiger partial charge in [-0.15, -0.1) is 0 Å². The van der Waals surface area contributed by atoms with Crippen LogP contribution in [0.15, 0.2) is 0 Å². The maximum absolute atomic E-state index is 6.01. The van der Waals surface area contributed by atoms with Crippen LogP contribution < -0.4 is 5.32 Å². The summed E-state index contributed by atoms with van der Waals surface area (Å²) in [4.78, 5) is 0. The van der Waals surface area contributed by atoms with Crippen LogP contribution in [0.25, 0.3) is 0 Å². The third-order valence-corrected chi connectivity index (χ3v) is 3.92. The first kappa shape index (κ1) is 15.9. The van der Waals surface area contributed by atoms with Crippen LogP contribution in [0.2, 0.25) is 0 Å². The molecule has 1 N–H and O–H groups in total. The topological polar surface area (TPSA) is 30.5 Å². The standard InChI is InChI=1S/C15H31NO2/c1-5-10-16-13-7-6-8-14(12-13)18-11-9-15(2,3)17-4/h13-14,16H,5-12H2,1-4H3. The minimum absolute atomic E-state index is 0.0610. The van der Waals surface area contributed by atoms with Crippen molar-refractivity contribution in [2.75, 3.05) is 20.3 Å². The summed E-state index contributed by atoms with van der Waals surface area (Å²) in [7, 11) is 1.77. The first-order valence-corrected chi connectivity index (χ1v) is 7.47. The monoisotopic (exact) mass is 257 g/mol. The summed E-state index contributed by atoms with van der Waals surface area (Å²) in [6.07, 6.45) is 7.62. The normalized spacial score (nSPS) is 25.3. The second-order valence-corrected chi connectivity index (χ2v) is 6.02. The van der Waals surface area contributed by atoms with Crippen LogP contribution in [0.5, 0.6) is 0 Å². The molecule has 0 aromatic heterocycles. The summed E-state index contributed by atoms with van der Waals surface area (Å²) in [5.74, 6) is 0. The van der Waals surface area contributed by atoms with Crippen LogP contribution in [-0.4, -0.2) is 38.0 Å². The van der Waals surface area contributed by atoms with Crippen LogP contribution in [0, 0.1) is 0 Å². The molecular weight excluding hydrogens is 226 g/mol. The fourth-order valence-electron chi connectivity index (χ4n) is 2.40. The molecule has 0 aromatic rings. The van der Waals surface area contributed by atoms with Crippen molar-refractivity contribution in [2.45, 2.75) is 77.0 Å². The van der Waals surface area contributed by atoms with Crippen molar-refractivity contribution in [3.05, 3.63) is 0 Å². The summed E-state index contributed by atoms with van der Waals surface area (Å²) in [6, 6.07) is 0.666. The van der Waals surface area contributed by atoms with Crippen molar-refractivity contribution < 1.29 is 9.47 Å². The average Bonchev–Trinajstić information content (AvgIpc) is 2.37. The van der Waals surface area contributed by atoms with Crippen molar-refractivity contribution in [3.8, 4) is 0 Å². The number of nitrogens with one attached hydrogen (secondary N) is 1. The van der Waals surface area contributed by atoms with Crippen LogP contribution in [0.3, 0.4) is 0 Å². The Kier molecular flexibility index (Phi) is 7.20. The van der Waals surface area contributed by atoms with Crippen LogP contribution in [0.1, 0.15) is 59.3 Å². The first-order chi connectivity index (χ1) is 8.57. The van der Waals surface area contributed by atoms with Gasteiger partial charge in [0.05, 0.1) is 11.7 Å². The number of hydrogen-bond donors (Lipinski definition) is 1. The van der Waals surface area contributed by atoms with Gasteiger partial charge in [0.2, 0.25) is 0 Å². The molecule has 0 aliphatic heterocycles. The smallest absolute Gasteiger partial charge is 0.0644 e. The highest BCUT2D eigenvalue weighted by Crippen LogP contribution is 2.22. The summed E-state index contributed by atoms with van der Waals surface area (Å²) in [6.45, 7) is 8.39. The summed E-state index contributed by atoms with van der Waals surface area (Å²) in [5, 5.41) is 3.61. The number of hydrogen-bond acceptors (Lipinski definition) is 3. The van der Waals surface area contributed by atoms with Crippen molar-refractivity contribution in [1.29, 1.82) is 0 Å². The van der Waals surface area contributed by atoms with E-state index in [9.17, 15) is 0 Å². The fraction of sp³-hybridized carbons (Fsp3) is 1.00. The molecule has 108 valence electrons. The maximum atomic E-state index is 6.01. The summed E-state index contributed by atoms with van der Waals surface area (Å²) < 4.78 is 11.4. The first-order valence-electron chi connectivity index (χ1n) is 7.47. The van der Waals surface area contributed by atoms with E-state index in [1.54, 1.807) is 7.11 Å². The lowest BCUT2D eigenvalue weighted by molar-refractivity contribution is -0.0368. The Labute approximate surface area is 113 Å². The van der Waals surface area contributed by atoms with Crippen LogP contribution in [-0.2, 0) is 9.47 Å². The van der Waals surface area contributed by atoms with Crippen LogP contribution in [0.4, 0.5) is 0 Å². The molecule has 3 nitrogen and oxygen atoms in total. The van der Waals surface area contributed by atoms with E-state index in [-0.39, 0.29) is 5.60 Å². The fourth-order valence-corrected chi connectivity index (χ4v) is 2.40. The van der Waals surface area contributed by atoms with E-state index in [0.29, 0.717) is 12.1 Å². The van der Waals surface area contributed by atoms with Gasteiger partial charge in [0, 0.05) is 19.8 Å². The van der Waals surface area contributed by atoms with E-state index >= 15 is 0 Å². The third-order valence-electron chi connectivity index (χ3n) is 3.92. The molecule has 3 heteroatoms. The molecule has 0 bridgehead atoms. The Hall–Kier alpha value is -0.120. The minimum atomic E-state index is -0.0610. The highest BCUT2D eigenvalue weighted by molar-refractivity contribution is 4.78. The van der Waals surface area contributed by atoms with E-state index in [2.05, 4.69) is 26.1 Å². The molecule has 0 amide bonds. The predicted octanol–water partition coefficient (Wildman–Crippen LogP) is 3.13. The molecule has 1 rings (SSSR count). The molecule has 0 heterocycles. The molecule has 1 saturated carbocycles. The summed E-state index contributed by atoms with van der Waals surface area (Å²) in [5.41, 5.74) is -0.0610. The van der Waals surface area contributed by atoms with E-state index < -0.39 is 0 Å². The maximum Gasteiger partial charge on any atom is 0.0644 e. The summed E-state index contributed by atoms with van der Waals surface area (Å²) >= 11 is 0. The van der Waals surface area contributed by atoms with Gasteiger partial charge in [-0.2, -0.15) is 0 Å². The average molecular weight is 257 g/mol. The second-order valence-electron chi connectivity index (χ2n) is 6.02. The molecular formula is C15H31NO2. The van der Waals surface area contributed by atoms with Gasteiger partial charge in [0.25, 0.3) is 0 Å². The van der Waals surface area contributed by atoms with Gasteiger partial charge < -0.3 is 14.8 Å². The van der Waals surface area contributed by atoms with Crippen molar-refractivity contribution in [1.82, 2.24) is 5.32 Å². The van der Waals surface area contributed by atoms with Gasteiger partial charge in [-0.25, -0.2) is 0 Å².